The van der Waals surface area contributed by atoms with Gasteiger partial charge in [-0.25, -0.2) is 14.0 Å². The van der Waals surface area contributed by atoms with E-state index in [1.807, 2.05) is 0 Å². The first kappa shape index (κ1) is 23.9. The number of carbonyl (C=O) groups is 3. The maximum absolute atomic E-state index is 14.4. The van der Waals surface area contributed by atoms with E-state index < -0.39 is 47.6 Å². The number of ether oxygens (including phenoxy) is 1. The second kappa shape index (κ2) is 9.16. The van der Waals surface area contributed by atoms with Gasteiger partial charge in [0.15, 0.2) is 11.6 Å². The maximum atomic E-state index is 14.4. The summed E-state index contributed by atoms with van der Waals surface area (Å²) in [6.45, 7) is 0.206. The molecule has 4 rings (SSSR count). The van der Waals surface area contributed by atoms with E-state index in [-0.39, 0.29) is 13.0 Å². The van der Waals surface area contributed by atoms with Gasteiger partial charge >= 0.3 is 18.4 Å². The fraction of sp³-hybridized carbons (Fsp3) is 0.227. The summed E-state index contributed by atoms with van der Waals surface area (Å²) in [6.07, 6.45) is -3.03. The number of para-hydroxylation sites is 1. The van der Waals surface area contributed by atoms with Crippen LogP contribution in [0.2, 0.25) is 0 Å². The molecule has 184 valence electrons. The van der Waals surface area contributed by atoms with Crippen molar-refractivity contribution in [1.29, 1.82) is 0 Å². The highest BCUT2D eigenvalue weighted by Gasteiger charge is 2.36. The quantitative estimate of drug-likeness (QED) is 0.471. The molecule has 1 saturated heterocycles. The highest BCUT2D eigenvalue weighted by atomic mass is 19.4. The normalized spacial score (nSPS) is 15.8. The molecule has 0 bridgehead atoms. The van der Waals surface area contributed by atoms with E-state index >= 15 is 0 Å². The molecule has 1 aromatic heterocycles. The number of hydrogen-bond donors (Lipinski definition) is 3. The molecule has 0 unspecified atom stereocenters. The number of likely N-dealkylation sites (tertiary alicyclic amines) is 1. The molecular weight excluding hydrogens is 474 g/mol. The number of aromatic nitrogens is 1. The summed E-state index contributed by atoms with van der Waals surface area (Å²) in [7, 11) is 0. The third kappa shape index (κ3) is 4.98. The van der Waals surface area contributed by atoms with Gasteiger partial charge in [0.05, 0.1) is 16.9 Å². The molecule has 4 amide bonds. The monoisotopic (exact) mass is 493 g/mol. The Morgan fingerprint density at radius 2 is 1.77 bits per heavy atom. The number of carbonyl (C=O) groups excluding carboxylic acids is 3. The number of alkyl halides is 3. The van der Waals surface area contributed by atoms with Crippen LogP contribution in [0, 0.1) is 5.82 Å². The summed E-state index contributed by atoms with van der Waals surface area (Å²) in [4.78, 5) is 38.7. The Bertz CT molecular complexity index is 1310. The first-order valence-electron chi connectivity index (χ1n) is 10.4. The van der Waals surface area contributed by atoms with Gasteiger partial charge in [-0.2, -0.15) is 0 Å². The highest BCUT2D eigenvalue weighted by Crippen LogP contribution is 2.31. The molecule has 1 aliphatic heterocycles. The van der Waals surface area contributed by atoms with Crippen LogP contribution in [0.3, 0.4) is 0 Å². The van der Waals surface area contributed by atoms with E-state index in [9.17, 15) is 31.9 Å². The van der Waals surface area contributed by atoms with Crippen LogP contribution >= 0.6 is 0 Å². The molecule has 4 N–H and O–H groups in total. The smallest absolute Gasteiger partial charge is 0.403 e. The van der Waals surface area contributed by atoms with Crippen LogP contribution in [0.5, 0.6) is 5.75 Å². The minimum absolute atomic E-state index is 0.206. The van der Waals surface area contributed by atoms with E-state index in [0.717, 1.165) is 22.8 Å². The van der Waals surface area contributed by atoms with Gasteiger partial charge in [0, 0.05) is 18.1 Å². The summed E-state index contributed by atoms with van der Waals surface area (Å²) in [6, 6.07) is 7.26. The van der Waals surface area contributed by atoms with Crippen LogP contribution in [0.4, 0.5) is 38.5 Å². The van der Waals surface area contributed by atoms with Crippen LogP contribution in [-0.4, -0.2) is 46.4 Å². The van der Waals surface area contributed by atoms with E-state index in [0.29, 0.717) is 23.0 Å². The Morgan fingerprint density at radius 1 is 1.03 bits per heavy atom. The molecule has 2 heterocycles. The topological polar surface area (TPSA) is 119 Å². The number of benzene rings is 2. The van der Waals surface area contributed by atoms with Gasteiger partial charge in [0.1, 0.15) is 6.04 Å². The molecule has 1 aliphatic rings. The third-order valence-electron chi connectivity index (χ3n) is 5.45. The van der Waals surface area contributed by atoms with Gasteiger partial charge in [0.2, 0.25) is 5.91 Å². The van der Waals surface area contributed by atoms with Crippen LogP contribution in [0.15, 0.2) is 48.7 Å². The lowest BCUT2D eigenvalue weighted by atomic mass is 10.2. The van der Waals surface area contributed by atoms with Gasteiger partial charge in [-0.1, -0.05) is 24.3 Å². The number of nitrogens with one attached hydrogen (secondary N) is 2. The third-order valence-corrected chi connectivity index (χ3v) is 5.45. The van der Waals surface area contributed by atoms with Crippen molar-refractivity contribution < 1.29 is 36.7 Å². The zero-order valence-electron chi connectivity index (χ0n) is 17.9. The lowest BCUT2D eigenvalue weighted by molar-refractivity contribution is -0.275. The Morgan fingerprint density at radius 3 is 2.49 bits per heavy atom. The van der Waals surface area contributed by atoms with Gasteiger partial charge < -0.3 is 26.0 Å². The molecular formula is C22H19F4N5O4. The molecule has 2 aromatic carbocycles. The number of nitrogens with two attached hydrogens (primary N) is 1. The van der Waals surface area contributed by atoms with Crippen molar-refractivity contribution in [2.45, 2.75) is 25.2 Å². The van der Waals surface area contributed by atoms with Gasteiger partial charge in [-0.3, -0.25) is 9.36 Å². The molecule has 0 aliphatic carbocycles. The fourth-order valence-corrected chi connectivity index (χ4v) is 3.96. The number of rotatable bonds is 4. The number of halogens is 4. The summed E-state index contributed by atoms with van der Waals surface area (Å²) in [5, 5.41) is 5.43. The van der Waals surface area contributed by atoms with Crippen LogP contribution in [-0.2, 0) is 4.79 Å². The minimum atomic E-state index is -5.11. The largest absolute Gasteiger partial charge is 0.573 e. The predicted octanol–water partition coefficient (Wildman–Crippen LogP) is 4.24. The summed E-state index contributed by atoms with van der Waals surface area (Å²) in [5.74, 6) is -3.27. The van der Waals surface area contributed by atoms with Crippen molar-refractivity contribution in [2.24, 2.45) is 5.73 Å². The molecule has 1 fully saturated rings. The summed E-state index contributed by atoms with van der Waals surface area (Å²) in [5.41, 5.74) is 5.63. The fourth-order valence-electron chi connectivity index (χ4n) is 3.96. The van der Waals surface area contributed by atoms with E-state index in [2.05, 4.69) is 15.4 Å². The van der Waals surface area contributed by atoms with Gasteiger partial charge in [0.25, 0.3) is 0 Å². The van der Waals surface area contributed by atoms with Crippen molar-refractivity contribution in [3.05, 3.63) is 54.5 Å². The van der Waals surface area contributed by atoms with Crippen LogP contribution in [0.1, 0.15) is 12.8 Å². The zero-order valence-corrected chi connectivity index (χ0v) is 17.9. The average molecular weight is 493 g/mol. The Labute approximate surface area is 195 Å². The number of hydrogen-bond acceptors (Lipinski definition) is 4. The zero-order chi connectivity index (χ0) is 25.3. The van der Waals surface area contributed by atoms with Gasteiger partial charge in [-0.05, 0) is 31.0 Å². The van der Waals surface area contributed by atoms with E-state index in [4.69, 9.17) is 5.73 Å². The Kier molecular flexibility index (Phi) is 6.24. The Hall–Kier alpha value is -4.29. The second-order valence-electron chi connectivity index (χ2n) is 7.70. The number of amides is 4. The highest BCUT2D eigenvalue weighted by molar-refractivity contribution is 6.06. The van der Waals surface area contributed by atoms with Crippen molar-refractivity contribution in [3.63, 3.8) is 0 Å². The SMILES string of the molecule is NC(=O)n1cc(NC(=O)N2CCC[C@H]2C(=O)Nc2cccc(OC(F)(F)F)c2F)c2ccccc21. The lowest BCUT2D eigenvalue weighted by Crippen LogP contribution is -2.45. The van der Waals surface area contributed by atoms with E-state index in [1.165, 1.54) is 11.1 Å². The van der Waals surface area contributed by atoms with Gasteiger partial charge in [-0.15, -0.1) is 13.2 Å². The minimum Gasteiger partial charge on any atom is -0.403 e. The number of urea groups is 1. The number of fused-ring (bicyclic) bond motifs is 1. The maximum Gasteiger partial charge on any atom is 0.573 e. The molecule has 35 heavy (non-hydrogen) atoms. The van der Waals surface area contributed by atoms with Crippen molar-refractivity contribution in [3.8, 4) is 5.75 Å². The van der Waals surface area contributed by atoms with Crippen LogP contribution in [0.25, 0.3) is 10.9 Å². The second-order valence-corrected chi connectivity index (χ2v) is 7.70. The summed E-state index contributed by atoms with van der Waals surface area (Å²) >= 11 is 0. The molecule has 0 radical (unpaired) electrons. The van der Waals surface area contributed by atoms with Crippen LogP contribution < -0.4 is 21.1 Å². The molecule has 1 atom stereocenters. The average Bonchev–Trinajstić information content (AvgIpc) is 3.41. The van der Waals surface area contributed by atoms with E-state index in [1.54, 1.807) is 24.3 Å². The standard InChI is InChI=1S/C22H19F4N5O4/c23-18-13(6-3-9-17(18)35-22(24,25)26)28-19(32)16-8-4-10-30(16)21(34)29-14-11-31(20(27)33)15-7-2-1-5-12(14)15/h1-3,5-7,9,11,16H,4,8,10H2,(H2,27,33)(H,28,32)(H,29,34)/t16-/m0/s1. The van der Waals surface area contributed by atoms with Crippen molar-refractivity contribution >= 4 is 40.2 Å². The number of anilines is 2. The molecule has 9 nitrogen and oxygen atoms in total. The molecule has 13 heteroatoms. The van der Waals surface area contributed by atoms with Crippen molar-refractivity contribution in [2.75, 3.05) is 17.2 Å². The lowest BCUT2D eigenvalue weighted by Gasteiger charge is -2.24. The number of primary amides is 1. The molecule has 0 spiro atoms. The predicted molar refractivity (Wildman–Crippen MR) is 117 cm³/mol. The number of nitrogens with zero attached hydrogens (tertiary/aromatic N) is 2. The molecule has 0 saturated carbocycles. The summed E-state index contributed by atoms with van der Waals surface area (Å²) < 4.78 is 56.6. The molecule has 3 aromatic rings. The first-order valence-corrected chi connectivity index (χ1v) is 10.4. The van der Waals surface area contributed by atoms with Crippen molar-refractivity contribution in [1.82, 2.24) is 9.47 Å². The Balaban J connectivity index is 1.51. The first-order chi connectivity index (χ1) is 16.5.